The van der Waals surface area contributed by atoms with Crippen LogP contribution in [0, 0.1) is 5.92 Å². The van der Waals surface area contributed by atoms with Crippen LogP contribution in [-0.4, -0.2) is 15.7 Å². The lowest BCUT2D eigenvalue weighted by atomic mass is 9.97. The van der Waals surface area contributed by atoms with Gasteiger partial charge in [0.25, 0.3) is 0 Å². The SMILES string of the molecule is CC(C)Oc1cccc2c1nc(CCl)n2C(C)(C)C1CC1. The molecule has 1 aliphatic rings. The molecule has 114 valence electrons. The Bertz CT molecular complexity index is 656. The third-order valence-corrected chi connectivity index (χ3v) is 4.59. The number of para-hydroxylation sites is 1. The van der Waals surface area contributed by atoms with Gasteiger partial charge in [0.05, 0.1) is 17.5 Å². The number of imidazole rings is 1. The molecule has 2 aromatic rings. The molecule has 4 heteroatoms. The average Bonchev–Trinajstić information content (AvgIpc) is 3.19. The summed E-state index contributed by atoms with van der Waals surface area (Å²) in [7, 11) is 0. The van der Waals surface area contributed by atoms with Crippen LogP contribution in [0.1, 0.15) is 46.4 Å². The molecule has 0 amide bonds. The minimum absolute atomic E-state index is 0.0510. The molecular formula is C17H23ClN2O. The van der Waals surface area contributed by atoms with E-state index in [1.54, 1.807) is 0 Å². The number of ether oxygens (including phenoxy) is 1. The zero-order valence-electron chi connectivity index (χ0n) is 13.2. The Kier molecular flexibility index (Phi) is 3.64. The smallest absolute Gasteiger partial charge is 0.147 e. The van der Waals surface area contributed by atoms with E-state index in [4.69, 9.17) is 21.3 Å². The fourth-order valence-electron chi connectivity index (χ4n) is 3.18. The average molecular weight is 307 g/mol. The van der Waals surface area contributed by atoms with E-state index in [1.165, 1.54) is 12.8 Å². The third-order valence-electron chi connectivity index (χ3n) is 4.35. The van der Waals surface area contributed by atoms with Gasteiger partial charge in [-0.05, 0) is 58.6 Å². The number of aromatic nitrogens is 2. The number of alkyl halides is 1. The van der Waals surface area contributed by atoms with E-state index in [2.05, 4.69) is 24.5 Å². The lowest BCUT2D eigenvalue weighted by Gasteiger charge is -2.29. The fourth-order valence-corrected chi connectivity index (χ4v) is 3.36. The predicted octanol–water partition coefficient (Wildman–Crippen LogP) is 4.71. The van der Waals surface area contributed by atoms with Gasteiger partial charge < -0.3 is 9.30 Å². The maximum absolute atomic E-state index is 6.17. The second kappa shape index (κ2) is 5.20. The van der Waals surface area contributed by atoms with Gasteiger partial charge in [-0.3, -0.25) is 0 Å². The minimum Gasteiger partial charge on any atom is -0.489 e. The standard InChI is InChI=1S/C17H23ClN2O/c1-11(2)21-14-7-5-6-13-16(14)19-15(10-18)20(13)17(3,4)12-8-9-12/h5-7,11-12H,8-10H2,1-4H3. The second-order valence-corrected chi connectivity index (χ2v) is 6.98. The normalized spacial score (nSPS) is 15.9. The molecule has 1 aromatic heterocycles. The lowest BCUT2D eigenvalue weighted by molar-refractivity contribution is 0.245. The summed E-state index contributed by atoms with van der Waals surface area (Å²) in [5, 5.41) is 0. The summed E-state index contributed by atoms with van der Waals surface area (Å²) in [4.78, 5) is 4.77. The Labute approximate surface area is 131 Å². The van der Waals surface area contributed by atoms with Crippen LogP contribution in [0.5, 0.6) is 5.75 Å². The molecule has 0 saturated heterocycles. The highest BCUT2D eigenvalue weighted by molar-refractivity contribution is 6.16. The molecule has 0 bridgehead atoms. The molecule has 1 heterocycles. The van der Waals surface area contributed by atoms with Crippen molar-refractivity contribution in [2.75, 3.05) is 0 Å². The van der Waals surface area contributed by atoms with E-state index in [-0.39, 0.29) is 11.6 Å². The molecule has 1 aliphatic carbocycles. The Morgan fingerprint density at radius 1 is 1.38 bits per heavy atom. The number of hydrogen-bond donors (Lipinski definition) is 0. The van der Waals surface area contributed by atoms with Crippen LogP contribution in [0.25, 0.3) is 11.0 Å². The molecule has 3 nitrogen and oxygen atoms in total. The number of halogens is 1. The Morgan fingerprint density at radius 2 is 2.10 bits per heavy atom. The Balaban J connectivity index is 2.19. The molecule has 0 N–H and O–H groups in total. The van der Waals surface area contributed by atoms with E-state index in [9.17, 15) is 0 Å². The van der Waals surface area contributed by atoms with Crippen molar-refractivity contribution in [2.45, 2.75) is 58.1 Å². The van der Waals surface area contributed by atoms with E-state index in [0.717, 1.165) is 22.6 Å². The van der Waals surface area contributed by atoms with Crippen LogP contribution in [0.2, 0.25) is 0 Å². The summed E-state index contributed by atoms with van der Waals surface area (Å²) < 4.78 is 8.23. The summed E-state index contributed by atoms with van der Waals surface area (Å²) in [5.74, 6) is 2.92. The fraction of sp³-hybridized carbons (Fsp3) is 0.588. The van der Waals surface area contributed by atoms with E-state index < -0.39 is 0 Å². The van der Waals surface area contributed by atoms with Crippen molar-refractivity contribution in [1.29, 1.82) is 0 Å². The highest BCUT2D eigenvalue weighted by atomic mass is 35.5. The van der Waals surface area contributed by atoms with Gasteiger partial charge in [-0.15, -0.1) is 11.6 Å². The Hall–Kier alpha value is -1.22. The summed E-state index contributed by atoms with van der Waals surface area (Å²) in [5.41, 5.74) is 2.10. The summed E-state index contributed by atoms with van der Waals surface area (Å²) in [6, 6.07) is 6.15. The van der Waals surface area contributed by atoms with E-state index in [0.29, 0.717) is 11.8 Å². The van der Waals surface area contributed by atoms with Gasteiger partial charge in [0.1, 0.15) is 17.1 Å². The van der Waals surface area contributed by atoms with Gasteiger partial charge in [-0.2, -0.15) is 0 Å². The molecule has 1 fully saturated rings. The van der Waals surface area contributed by atoms with E-state index >= 15 is 0 Å². The zero-order valence-corrected chi connectivity index (χ0v) is 13.9. The quantitative estimate of drug-likeness (QED) is 0.748. The highest BCUT2D eigenvalue weighted by Gasteiger charge is 2.41. The van der Waals surface area contributed by atoms with Crippen molar-refractivity contribution >= 4 is 22.6 Å². The Morgan fingerprint density at radius 3 is 2.67 bits per heavy atom. The van der Waals surface area contributed by atoms with Crippen molar-refractivity contribution in [1.82, 2.24) is 9.55 Å². The first-order valence-corrected chi connectivity index (χ1v) is 8.22. The molecule has 0 unspecified atom stereocenters. The van der Waals surface area contributed by atoms with Crippen molar-refractivity contribution in [2.24, 2.45) is 5.92 Å². The van der Waals surface area contributed by atoms with Crippen LogP contribution < -0.4 is 4.74 Å². The largest absolute Gasteiger partial charge is 0.489 e. The first-order valence-electron chi connectivity index (χ1n) is 7.68. The van der Waals surface area contributed by atoms with Crippen molar-refractivity contribution in [3.63, 3.8) is 0 Å². The maximum atomic E-state index is 6.17. The van der Waals surface area contributed by atoms with Gasteiger partial charge in [0.2, 0.25) is 0 Å². The molecule has 1 aromatic carbocycles. The number of rotatable bonds is 5. The maximum Gasteiger partial charge on any atom is 0.147 e. The first kappa shape index (κ1) is 14.7. The van der Waals surface area contributed by atoms with Gasteiger partial charge >= 0.3 is 0 Å². The molecular weight excluding hydrogens is 284 g/mol. The predicted molar refractivity (Wildman–Crippen MR) is 87.1 cm³/mol. The van der Waals surface area contributed by atoms with Crippen LogP contribution in [-0.2, 0) is 11.4 Å². The molecule has 0 spiro atoms. The third kappa shape index (κ3) is 2.52. The molecule has 0 radical (unpaired) electrons. The van der Waals surface area contributed by atoms with E-state index in [1.807, 2.05) is 26.0 Å². The van der Waals surface area contributed by atoms with Gasteiger partial charge in [-0.25, -0.2) is 4.98 Å². The minimum atomic E-state index is 0.0510. The number of fused-ring (bicyclic) bond motifs is 1. The van der Waals surface area contributed by atoms with Crippen molar-refractivity contribution < 1.29 is 4.74 Å². The highest BCUT2D eigenvalue weighted by Crippen LogP contribution is 2.46. The van der Waals surface area contributed by atoms with Crippen LogP contribution in [0.3, 0.4) is 0 Å². The summed E-state index contributed by atoms with van der Waals surface area (Å²) in [6.45, 7) is 8.65. The molecule has 21 heavy (non-hydrogen) atoms. The number of hydrogen-bond acceptors (Lipinski definition) is 2. The zero-order chi connectivity index (χ0) is 15.2. The molecule has 1 saturated carbocycles. The number of benzene rings is 1. The first-order chi connectivity index (χ1) is 9.95. The van der Waals surface area contributed by atoms with Crippen LogP contribution >= 0.6 is 11.6 Å². The summed E-state index contributed by atoms with van der Waals surface area (Å²) in [6.07, 6.45) is 2.71. The van der Waals surface area contributed by atoms with Gasteiger partial charge in [0.15, 0.2) is 0 Å². The summed E-state index contributed by atoms with van der Waals surface area (Å²) >= 11 is 6.17. The lowest BCUT2D eigenvalue weighted by Crippen LogP contribution is -2.30. The van der Waals surface area contributed by atoms with Crippen molar-refractivity contribution in [3.05, 3.63) is 24.0 Å². The van der Waals surface area contributed by atoms with Gasteiger partial charge in [0, 0.05) is 5.54 Å². The van der Waals surface area contributed by atoms with Crippen LogP contribution in [0.15, 0.2) is 18.2 Å². The molecule has 3 rings (SSSR count). The van der Waals surface area contributed by atoms with Crippen LogP contribution in [0.4, 0.5) is 0 Å². The van der Waals surface area contributed by atoms with Crippen molar-refractivity contribution in [3.8, 4) is 5.75 Å². The van der Waals surface area contributed by atoms with Gasteiger partial charge in [-0.1, -0.05) is 6.07 Å². The molecule has 0 aliphatic heterocycles. The topological polar surface area (TPSA) is 27.1 Å². The molecule has 0 atom stereocenters. The monoisotopic (exact) mass is 306 g/mol. The number of nitrogens with zero attached hydrogens (tertiary/aromatic N) is 2. The second-order valence-electron chi connectivity index (χ2n) is 6.72.